The molecular weight excluding hydrogens is 711 g/mol. The average molecular weight is 795 g/mol. The Morgan fingerprint density at radius 3 is 1.40 bits per heavy atom. The van der Waals surface area contributed by atoms with E-state index in [1.165, 1.54) is 96.3 Å². The molecule has 0 saturated heterocycles. The summed E-state index contributed by atoms with van der Waals surface area (Å²) < 4.78 is 32.7. The van der Waals surface area contributed by atoms with Crippen LogP contribution in [-0.4, -0.2) is 42.8 Å². The third-order valence-electron chi connectivity index (χ3n) is 9.40. The summed E-state index contributed by atoms with van der Waals surface area (Å²) in [7, 11) is -4.28. The Balaban J connectivity index is 4.06. The summed E-state index contributed by atoms with van der Waals surface area (Å²) in [6.07, 6.45) is 48.7. The van der Waals surface area contributed by atoms with Gasteiger partial charge in [0.15, 0.2) is 6.10 Å². The molecule has 0 radical (unpaired) electrons. The fourth-order valence-corrected chi connectivity index (χ4v) is 6.91. The number of carbonyl (C=O) groups is 2. The van der Waals surface area contributed by atoms with Gasteiger partial charge in [-0.2, -0.15) is 0 Å². The van der Waals surface area contributed by atoms with E-state index in [0.717, 1.165) is 70.6 Å². The Morgan fingerprint density at radius 1 is 0.509 bits per heavy atom. The highest BCUT2D eigenvalue weighted by Crippen LogP contribution is 2.43. The number of carbonyl (C=O) groups excluding carboxylic acids is 2. The summed E-state index contributed by atoms with van der Waals surface area (Å²) in [4.78, 5) is 34.8. The Morgan fingerprint density at radius 2 is 0.927 bits per heavy atom. The normalized spacial score (nSPS) is 13.7. The molecule has 0 aromatic heterocycles. The SMILES string of the molecule is CC/C=C\C/C=C\C/C=C\C/C=C\CCCCCCCCCCC(=O)OC(COC(=O)CCCCCCCCCCCCCCCC)COP(=O)(O)OCC. The van der Waals surface area contributed by atoms with Gasteiger partial charge >= 0.3 is 19.8 Å². The standard InChI is InChI=1S/C46H83O8P/c1-4-7-9-11-13-15-17-19-21-22-23-24-25-26-27-29-31-33-35-37-39-41-46(48)54-44(43-53-55(49,50)52-6-3)42-51-45(47)40-38-36-34-32-30-28-20-18-16-14-12-10-8-5-2/h7,9,13,15,19,21,23-24,44H,4-6,8,10-12,14,16-18,20,22,25-43H2,1-3H3,(H,49,50)/b9-7-,15-13-,21-19-,24-23-. The van der Waals surface area contributed by atoms with Crippen molar-refractivity contribution >= 4 is 19.8 Å². The number of allylic oxidation sites excluding steroid dienone is 8. The van der Waals surface area contributed by atoms with Crippen LogP contribution < -0.4 is 0 Å². The molecule has 0 spiro atoms. The maximum absolute atomic E-state index is 12.6. The van der Waals surface area contributed by atoms with E-state index in [4.69, 9.17) is 18.5 Å². The number of ether oxygens (including phenoxy) is 2. The fraction of sp³-hybridized carbons (Fsp3) is 0.783. The van der Waals surface area contributed by atoms with Gasteiger partial charge < -0.3 is 14.4 Å². The first-order valence-electron chi connectivity index (χ1n) is 22.4. The molecule has 2 atom stereocenters. The van der Waals surface area contributed by atoms with E-state index in [0.29, 0.717) is 12.8 Å². The third-order valence-corrected chi connectivity index (χ3v) is 10.5. The summed E-state index contributed by atoms with van der Waals surface area (Å²) in [5, 5.41) is 0. The minimum Gasteiger partial charge on any atom is -0.462 e. The topological polar surface area (TPSA) is 108 Å². The lowest BCUT2D eigenvalue weighted by molar-refractivity contribution is -0.161. The van der Waals surface area contributed by atoms with Gasteiger partial charge in [0, 0.05) is 12.8 Å². The van der Waals surface area contributed by atoms with Gasteiger partial charge in [-0.05, 0) is 58.3 Å². The summed E-state index contributed by atoms with van der Waals surface area (Å²) >= 11 is 0. The van der Waals surface area contributed by atoms with Crippen LogP contribution >= 0.6 is 7.82 Å². The van der Waals surface area contributed by atoms with Crippen LogP contribution in [-0.2, 0) is 32.7 Å². The van der Waals surface area contributed by atoms with Gasteiger partial charge in [-0.3, -0.25) is 18.6 Å². The zero-order valence-corrected chi connectivity index (χ0v) is 36.5. The van der Waals surface area contributed by atoms with Crippen LogP contribution in [0, 0.1) is 0 Å². The number of hydrogen-bond acceptors (Lipinski definition) is 7. The minimum absolute atomic E-state index is 0.00154. The third kappa shape index (κ3) is 41.5. The van der Waals surface area contributed by atoms with E-state index < -0.39 is 26.5 Å². The molecule has 1 N–H and O–H groups in total. The highest BCUT2D eigenvalue weighted by molar-refractivity contribution is 7.47. The van der Waals surface area contributed by atoms with Crippen LogP contribution in [0.2, 0.25) is 0 Å². The molecule has 0 aliphatic carbocycles. The molecule has 0 aliphatic heterocycles. The van der Waals surface area contributed by atoms with Crippen molar-refractivity contribution in [2.75, 3.05) is 19.8 Å². The molecule has 0 fully saturated rings. The Hall–Kier alpha value is -1.99. The smallest absolute Gasteiger partial charge is 0.462 e. The average Bonchev–Trinajstić information content (AvgIpc) is 3.16. The fourth-order valence-electron chi connectivity index (χ4n) is 6.15. The first-order chi connectivity index (χ1) is 26.8. The number of hydrogen-bond donors (Lipinski definition) is 1. The molecule has 0 amide bonds. The maximum atomic E-state index is 12.6. The van der Waals surface area contributed by atoms with Crippen LogP contribution in [0.5, 0.6) is 0 Å². The zero-order chi connectivity index (χ0) is 40.3. The van der Waals surface area contributed by atoms with Crippen LogP contribution in [0.4, 0.5) is 0 Å². The lowest BCUT2D eigenvalue weighted by Crippen LogP contribution is -2.29. The van der Waals surface area contributed by atoms with Crippen molar-refractivity contribution in [1.82, 2.24) is 0 Å². The predicted octanol–water partition coefficient (Wildman–Crippen LogP) is 14.2. The number of rotatable bonds is 41. The number of esters is 2. The molecule has 0 aromatic rings. The van der Waals surface area contributed by atoms with Crippen molar-refractivity contribution in [2.24, 2.45) is 0 Å². The highest BCUT2D eigenvalue weighted by atomic mass is 31.2. The van der Waals surface area contributed by atoms with Gasteiger partial charge in [-0.25, -0.2) is 4.57 Å². The van der Waals surface area contributed by atoms with Gasteiger partial charge in [-0.15, -0.1) is 0 Å². The molecule has 9 heteroatoms. The largest absolute Gasteiger partial charge is 0.472 e. The van der Waals surface area contributed by atoms with Crippen LogP contribution in [0.25, 0.3) is 0 Å². The van der Waals surface area contributed by atoms with E-state index in [2.05, 4.69) is 62.5 Å². The number of phosphoric ester groups is 1. The molecule has 0 aliphatic rings. The van der Waals surface area contributed by atoms with Gasteiger partial charge in [0.2, 0.25) is 0 Å². The zero-order valence-electron chi connectivity index (χ0n) is 35.6. The second-order valence-corrected chi connectivity index (χ2v) is 16.1. The summed E-state index contributed by atoms with van der Waals surface area (Å²) in [5.41, 5.74) is 0. The maximum Gasteiger partial charge on any atom is 0.472 e. The highest BCUT2D eigenvalue weighted by Gasteiger charge is 2.25. The lowest BCUT2D eigenvalue weighted by atomic mass is 10.0. The molecule has 0 rings (SSSR count). The monoisotopic (exact) mass is 795 g/mol. The Bertz CT molecular complexity index is 1040. The van der Waals surface area contributed by atoms with Gasteiger partial charge in [0.05, 0.1) is 13.2 Å². The van der Waals surface area contributed by atoms with Gasteiger partial charge in [0.1, 0.15) is 6.61 Å². The molecule has 55 heavy (non-hydrogen) atoms. The second-order valence-electron chi connectivity index (χ2n) is 14.7. The summed E-state index contributed by atoms with van der Waals surface area (Å²) in [6.45, 7) is 5.37. The second kappa shape index (κ2) is 41.6. The first-order valence-corrected chi connectivity index (χ1v) is 23.9. The molecule has 2 unspecified atom stereocenters. The van der Waals surface area contributed by atoms with Gasteiger partial charge in [-0.1, -0.05) is 184 Å². The molecule has 320 valence electrons. The first kappa shape index (κ1) is 53.0. The molecule has 0 heterocycles. The van der Waals surface area contributed by atoms with E-state index in [9.17, 15) is 19.0 Å². The summed E-state index contributed by atoms with van der Waals surface area (Å²) in [5.74, 6) is -0.802. The predicted molar refractivity (Wildman–Crippen MR) is 230 cm³/mol. The molecule has 8 nitrogen and oxygen atoms in total. The van der Waals surface area contributed by atoms with Gasteiger partial charge in [0.25, 0.3) is 0 Å². The quantitative estimate of drug-likeness (QED) is 0.0282. The molecule has 0 aromatic carbocycles. The van der Waals surface area contributed by atoms with Crippen LogP contribution in [0.15, 0.2) is 48.6 Å². The van der Waals surface area contributed by atoms with Crippen molar-refractivity contribution in [2.45, 2.75) is 213 Å². The van der Waals surface area contributed by atoms with Crippen LogP contribution in [0.3, 0.4) is 0 Å². The van der Waals surface area contributed by atoms with E-state index >= 15 is 0 Å². The van der Waals surface area contributed by atoms with Crippen molar-refractivity contribution in [3.63, 3.8) is 0 Å². The Labute approximate surface area is 338 Å². The van der Waals surface area contributed by atoms with E-state index in [1.54, 1.807) is 6.92 Å². The molecule has 0 saturated carbocycles. The minimum atomic E-state index is -4.28. The number of unbranched alkanes of at least 4 members (excludes halogenated alkanes) is 21. The van der Waals surface area contributed by atoms with Crippen LogP contribution in [0.1, 0.15) is 207 Å². The van der Waals surface area contributed by atoms with Crippen molar-refractivity contribution in [3.8, 4) is 0 Å². The van der Waals surface area contributed by atoms with Crippen molar-refractivity contribution < 1.29 is 37.6 Å². The summed E-state index contributed by atoms with van der Waals surface area (Å²) in [6, 6.07) is 0. The van der Waals surface area contributed by atoms with Crippen molar-refractivity contribution in [1.29, 1.82) is 0 Å². The lowest BCUT2D eigenvalue weighted by Gasteiger charge is -2.19. The van der Waals surface area contributed by atoms with Crippen molar-refractivity contribution in [3.05, 3.63) is 48.6 Å². The number of phosphoric acid groups is 1. The molecule has 0 bridgehead atoms. The molecular formula is C46H83O8P. The Kier molecular flexibility index (Phi) is 40.1. The van der Waals surface area contributed by atoms with E-state index in [-0.39, 0.29) is 25.6 Å². The van der Waals surface area contributed by atoms with E-state index in [1.807, 2.05) is 0 Å².